The monoisotopic (exact) mass is 507 g/mol. The van der Waals surface area contributed by atoms with Crippen molar-refractivity contribution in [3.05, 3.63) is 59.9 Å². The molecule has 0 spiro atoms. The van der Waals surface area contributed by atoms with Crippen molar-refractivity contribution in [3.63, 3.8) is 0 Å². The van der Waals surface area contributed by atoms with Crippen LogP contribution in [0.25, 0.3) is 0 Å². The Balaban J connectivity index is 2.60. The van der Waals surface area contributed by atoms with E-state index in [4.69, 9.17) is 23.7 Å². The topological polar surface area (TPSA) is 66.5 Å². The molecule has 0 fully saturated rings. The fourth-order valence-electron chi connectivity index (χ4n) is 4.09. The largest absolute Gasteiger partial charge is 0.501 e. The number of nitrogens with zero attached hydrogens (tertiary/aromatic N) is 1. The molecule has 2 rings (SSSR count). The summed E-state index contributed by atoms with van der Waals surface area (Å²) in [5, 5.41) is 0. The summed E-state index contributed by atoms with van der Waals surface area (Å²) in [4.78, 5) is 0. The highest BCUT2D eigenvalue weighted by molar-refractivity contribution is 7.84. The van der Waals surface area contributed by atoms with Gasteiger partial charge in [0.05, 0.1) is 37.4 Å². The lowest BCUT2D eigenvalue weighted by Crippen LogP contribution is -2.53. The van der Waals surface area contributed by atoms with Gasteiger partial charge in [-0.05, 0) is 82.0 Å². The van der Waals surface area contributed by atoms with Crippen molar-refractivity contribution in [1.82, 2.24) is 4.31 Å². The summed E-state index contributed by atoms with van der Waals surface area (Å²) in [6.07, 6.45) is 10.8. The van der Waals surface area contributed by atoms with E-state index in [0.717, 1.165) is 11.1 Å². The summed E-state index contributed by atoms with van der Waals surface area (Å²) in [6.45, 7) is 8.40. The van der Waals surface area contributed by atoms with Crippen molar-refractivity contribution < 1.29 is 27.9 Å². The summed E-state index contributed by atoms with van der Waals surface area (Å²) in [6, 6.07) is 5.91. The zero-order valence-electron chi connectivity index (χ0n) is 22.5. The second-order valence-electron chi connectivity index (χ2n) is 9.29. The van der Waals surface area contributed by atoms with Gasteiger partial charge in [0.25, 0.3) is 0 Å². The van der Waals surface area contributed by atoms with Crippen molar-refractivity contribution in [1.29, 1.82) is 0 Å². The van der Waals surface area contributed by atoms with Crippen LogP contribution in [0.1, 0.15) is 39.7 Å². The first-order chi connectivity index (χ1) is 16.5. The van der Waals surface area contributed by atoms with Crippen LogP contribution < -0.4 is 9.47 Å². The van der Waals surface area contributed by atoms with Crippen LogP contribution in [0.15, 0.2) is 54.3 Å². The molecule has 0 saturated carbocycles. The predicted octanol–water partition coefficient (Wildman–Crippen LogP) is 4.80. The van der Waals surface area contributed by atoms with Crippen molar-refractivity contribution in [3.8, 4) is 11.5 Å². The smallest absolute Gasteiger partial charge is 0.208 e. The molecule has 7 nitrogen and oxygen atoms in total. The lowest BCUT2D eigenvalue weighted by Gasteiger charge is -2.46. The molecule has 1 aliphatic carbocycles. The first-order valence-corrected chi connectivity index (χ1v) is 12.8. The Bertz CT molecular complexity index is 961. The third-order valence-corrected chi connectivity index (χ3v) is 8.04. The van der Waals surface area contributed by atoms with Crippen LogP contribution in [0.5, 0.6) is 11.5 Å². The maximum atomic E-state index is 13.7. The van der Waals surface area contributed by atoms with E-state index in [2.05, 4.69) is 0 Å². The second-order valence-corrected chi connectivity index (χ2v) is 11.6. The zero-order valence-corrected chi connectivity index (χ0v) is 23.4. The Labute approximate surface area is 213 Å². The molecule has 0 heterocycles. The van der Waals surface area contributed by atoms with Crippen molar-refractivity contribution in [2.75, 3.05) is 42.1 Å². The Morgan fingerprint density at radius 3 is 2.23 bits per heavy atom. The Morgan fingerprint density at radius 1 is 1.03 bits per heavy atom. The average molecular weight is 508 g/mol. The number of benzene rings is 1. The van der Waals surface area contributed by atoms with Crippen molar-refractivity contribution in [2.24, 2.45) is 0 Å². The summed E-state index contributed by atoms with van der Waals surface area (Å²) >= 11 is 0. The molecule has 35 heavy (non-hydrogen) atoms. The van der Waals surface area contributed by atoms with E-state index >= 15 is 0 Å². The number of likely N-dealkylation sites (N-methyl/N-ethyl adjacent to an activating group) is 1. The van der Waals surface area contributed by atoms with Gasteiger partial charge in [-0.25, -0.2) is 8.51 Å². The van der Waals surface area contributed by atoms with Gasteiger partial charge < -0.3 is 23.7 Å². The van der Waals surface area contributed by atoms with E-state index in [0.29, 0.717) is 30.9 Å². The van der Waals surface area contributed by atoms with Gasteiger partial charge in [-0.2, -0.15) is 0 Å². The molecule has 0 bridgehead atoms. The number of ether oxygens (including phenoxy) is 5. The fourth-order valence-corrected chi connectivity index (χ4v) is 5.46. The van der Waals surface area contributed by atoms with Gasteiger partial charge in [0.15, 0.2) is 11.5 Å². The molecular weight excluding hydrogens is 466 g/mol. The van der Waals surface area contributed by atoms with Crippen LogP contribution in [0.2, 0.25) is 0 Å². The van der Waals surface area contributed by atoms with Gasteiger partial charge in [0.2, 0.25) is 5.79 Å². The third kappa shape index (κ3) is 6.55. The van der Waals surface area contributed by atoms with Crippen LogP contribution in [-0.4, -0.2) is 66.7 Å². The molecular formula is C27H41NO6S. The number of hydrogen-bond acceptors (Lipinski definition) is 6. The van der Waals surface area contributed by atoms with Crippen LogP contribution in [-0.2, 0) is 31.6 Å². The summed E-state index contributed by atoms with van der Waals surface area (Å²) in [5.74, 6) is 0.331. The van der Waals surface area contributed by atoms with E-state index < -0.39 is 27.1 Å². The lowest BCUT2D eigenvalue weighted by atomic mass is 9.79. The average Bonchev–Trinajstić information content (AvgIpc) is 2.86. The van der Waals surface area contributed by atoms with Crippen LogP contribution in [0, 0.1) is 0 Å². The van der Waals surface area contributed by atoms with Gasteiger partial charge in [-0.15, -0.1) is 0 Å². The third-order valence-electron chi connectivity index (χ3n) is 6.17. The van der Waals surface area contributed by atoms with Gasteiger partial charge in [-0.1, -0.05) is 12.1 Å². The van der Waals surface area contributed by atoms with E-state index in [1.807, 2.05) is 81.6 Å². The number of aryl methyl sites for hydroxylation is 1. The second kappa shape index (κ2) is 12.2. The van der Waals surface area contributed by atoms with E-state index in [-0.39, 0.29) is 0 Å². The van der Waals surface area contributed by atoms with E-state index in [9.17, 15) is 4.21 Å². The normalized spacial score (nSPS) is 20.7. The first kappa shape index (κ1) is 29.1. The SMILES string of the molecule is CCO/C=C/C1=CC(OC)(OC)C=C[C@@]1(CCc1ccc(OC)c(OC)c1)N(C)S(=O)C(C)(C)C. The quantitative estimate of drug-likeness (QED) is 0.230. The summed E-state index contributed by atoms with van der Waals surface area (Å²) in [5.41, 5.74) is 1.24. The van der Waals surface area contributed by atoms with Crippen LogP contribution >= 0.6 is 0 Å². The maximum absolute atomic E-state index is 13.7. The van der Waals surface area contributed by atoms with Gasteiger partial charge >= 0.3 is 0 Å². The molecule has 2 atom stereocenters. The standard InChI is InChI=1S/C27H41NO6S/c1-10-34-18-14-22-20-27(32-8,33-9)17-16-26(22,28(5)35(29)25(2,3)4)15-13-21-11-12-23(30-6)24(19-21)31-7/h11-12,14,16-20H,10,13,15H2,1-9H3/b18-14+/t26-,35?/m1/s1. The van der Waals surface area contributed by atoms with Crippen LogP contribution in [0.4, 0.5) is 0 Å². The minimum atomic E-state index is -1.30. The number of methoxy groups -OCH3 is 4. The van der Waals surface area contributed by atoms with Gasteiger partial charge in [0.1, 0.15) is 11.0 Å². The molecule has 196 valence electrons. The first-order valence-electron chi connectivity index (χ1n) is 11.7. The Hall–Kier alpha value is -2.13. The number of rotatable bonds is 12. The minimum Gasteiger partial charge on any atom is -0.501 e. The Kier molecular flexibility index (Phi) is 10.2. The molecule has 0 saturated heterocycles. The molecule has 1 unspecified atom stereocenters. The zero-order chi connectivity index (χ0) is 26.3. The maximum Gasteiger partial charge on any atom is 0.208 e. The highest BCUT2D eigenvalue weighted by Gasteiger charge is 2.45. The van der Waals surface area contributed by atoms with Crippen LogP contribution in [0.3, 0.4) is 0 Å². The molecule has 0 radical (unpaired) electrons. The summed E-state index contributed by atoms with van der Waals surface area (Å²) in [7, 11) is 7.04. The fraction of sp³-hybridized carbons (Fsp3) is 0.556. The van der Waals surface area contributed by atoms with Gasteiger partial charge in [-0.3, -0.25) is 0 Å². The highest BCUT2D eigenvalue weighted by atomic mass is 32.2. The summed E-state index contributed by atoms with van der Waals surface area (Å²) < 4.78 is 43.0. The molecule has 1 aromatic rings. The van der Waals surface area contributed by atoms with E-state index in [1.165, 1.54) is 0 Å². The molecule has 1 aliphatic rings. The molecule has 0 amide bonds. The molecule has 8 heteroatoms. The van der Waals surface area contributed by atoms with Gasteiger partial charge in [0, 0.05) is 21.3 Å². The Morgan fingerprint density at radius 2 is 1.69 bits per heavy atom. The minimum absolute atomic E-state index is 0.454. The van der Waals surface area contributed by atoms with E-state index in [1.54, 1.807) is 34.7 Å². The highest BCUT2D eigenvalue weighted by Crippen LogP contribution is 2.41. The lowest BCUT2D eigenvalue weighted by molar-refractivity contribution is -0.135. The number of hydrogen-bond donors (Lipinski definition) is 0. The predicted molar refractivity (Wildman–Crippen MR) is 141 cm³/mol. The molecule has 1 aromatic carbocycles. The molecule has 0 aromatic heterocycles. The van der Waals surface area contributed by atoms with Crippen molar-refractivity contribution in [2.45, 2.75) is 56.6 Å². The molecule has 0 aliphatic heterocycles. The molecule has 0 N–H and O–H groups in total. The van der Waals surface area contributed by atoms with Crippen molar-refractivity contribution >= 4 is 11.0 Å².